The van der Waals surface area contributed by atoms with Crippen LogP contribution in [0.15, 0.2) is 55.4 Å². The van der Waals surface area contributed by atoms with Crippen LogP contribution in [0.1, 0.15) is 28.8 Å². The largest absolute Gasteiger partial charge is 0.491 e. The number of hydrogen-bond acceptors (Lipinski definition) is 6. The molecule has 1 aliphatic carbocycles. The summed E-state index contributed by atoms with van der Waals surface area (Å²) in [6, 6.07) is 5.08. The van der Waals surface area contributed by atoms with Crippen LogP contribution in [0, 0.1) is 28.7 Å². The molecular weight excluding hydrogens is 504 g/mol. The highest BCUT2D eigenvalue weighted by atomic mass is 19.1. The van der Waals surface area contributed by atoms with Gasteiger partial charge in [0.05, 0.1) is 36.0 Å². The van der Waals surface area contributed by atoms with E-state index in [2.05, 4.69) is 20.4 Å². The maximum atomic E-state index is 15.5. The van der Waals surface area contributed by atoms with Crippen molar-refractivity contribution in [1.82, 2.24) is 19.7 Å². The van der Waals surface area contributed by atoms with Crippen LogP contribution < -0.4 is 15.8 Å². The lowest BCUT2D eigenvalue weighted by Crippen LogP contribution is -2.23. The summed E-state index contributed by atoms with van der Waals surface area (Å²) in [4.78, 5) is 20.7. The number of rotatable bonds is 9. The highest BCUT2D eigenvalue weighted by Gasteiger charge is 2.42. The molecule has 0 unspecified atom stereocenters. The summed E-state index contributed by atoms with van der Waals surface area (Å²) in [6.07, 6.45) is 7.23. The fourth-order valence-electron chi connectivity index (χ4n) is 4.02. The molecule has 0 spiro atoms. The predicted molar refractivity (Wildman–Crippen MR) is 129 cm³/mol. The van der Waals surface area contributed by atoms with Crippen LogP contribution in [0.5, 0.6) is 5.75 Å². The van der Waals surface area contributed by atoms with E-state index in [4.69, 9.17) is 10.5 Å². The Hall–Kier alpha value is -4.32. The number of carbonyl (C=O) groups is 1. The number of ether oxygens (including phenoxy) is 1. The van der Waals surface area contributed by atoms with E-state index >= 15 is 4.39 Å². The number of hydrogen-bond donors (Lipinski definition) is 2. The van der Waals surface area contributed by atoms with Crippen molar-refractivity contribution in [2.24, 2.45) is 11.1 Å². The Balaban J connectivity index is 1.42. The fraction of sp³-hybridized carbons (Fsp3) is 0.231. The molecule has 2 aromatic carbocycles. The van der Waals surface area contributed by atoms with Gasteiger partial charge in [0, 0.05) is 24.2 Å². The Labute approximate surface area is 214 Å². The SMILES string of the molecule is NCC1(COc2ccncc2NC(=O)c2ccc(F)c(-c3c(F)cc(Cn4cncn4)cc3F)c2F)CC1. The topological polar surface area (TPSA) is 108 Å². The van der Waals surface area contributed by atoms with Crippen LogP contribution >= 0.6 is 0 Å². The summed E-state index contributed by atoms with van der Waals surface area (Å²) in [5, 5.41) is 6.34. The first-order valence-electron chi connectivity index (χ1n) is 11.7. The molecule has 3 N–H and O–H groups in total. The number of nitrogens with two attached hydrogens (primary N) is 1. The van der Waals surface area contributed by atoms with Gasteiger partial charge in [0.2, 0.25) is 0 Å². The molecule has 0 bridgehead atoms. The number of anilines is 1. The summed E-state index contributed by atoms with van der Waals surface area (Å²) in [5.74, 6) is -5.75. The average molecular weight is 526 g/mol. The Kier molecular flexibility index (Phi) is 6.81. The molecule has 2 heterocycles. The van der Waals surface area contributed by atoms with Crippen LogP contribution in [0.25, 0.3) is 11.1 Å². The number of carbonyl (C=O) groups excluding carboxylic acids is 1. The Morgan fingerprint density at radius 2 is 1.82 bits per heavy atom. The van der Waals surface area contributed by atoms with E-state index in [1.165, 1.54) is 35.8 Å². The Bertz CT molecular complexity index is 1470. The third kappa shape index (κ3) is 5.07. The number of benzene rings is 2. The monoisotopic (exact) mass is 526 g/mol. The number of aromatic nitrogens is 4. The standard InChI is InChI=1S/C26H22F4N6O2/c27-17-2-1-16(25(37)35-20-9-32-6-3-21(20)38-12-26(11-31)4-5-26)24(30)23(17)22-18(28)7-15(8-19(22)29)10-36-14-33-13-34-36/h1-3,6-9,13-14H,4-5,10-12,31H2,(H,35,37). The molecular formula is C26H22F4N6O2. The molecule has 1 saturated carbocycles. The number of nitrogens with one attached hydrogen (secondary N) is 1. The first kappa shape index (κ1) is 25.3. The van der Waals surface area contributed by atoms with Crippen LogP contribution in [-0.2, 0) is 6.54 Å². The van der Waals surface area contributed by atoms with Gasteiger partial charge in [-0.3, -0.25) is 9.78 Å². The zero-order chi connectivity index (χ0) is 26.9. The molecule has 1 aliphatic rings. The molecule has 2 aromatic heterocycles. The molecule has 1 fully saturated rings. The van der Waals surface area contributed by atoms with E-state index < -0.39 is 45.9 Å². The fourth-order valence-corrected chi connectivity index (χ4v) is 4.02. The number of pyridine rings is 1. The minimum Gasteiger partial charge on any atom is -0.491 e. The maximum Gasteiger partial charge on any atom is 0.258 e. The van der Waals surface area contributed by atoms with Crippen molar-refractivity contribution in [2.45, 2.75) is 19.4 Å². The molecule has 196 valence electrons. The summed E-state index contributed by atoms with van der Waals surface area (Å²) >= 11 is 0. The van der Waals surface area contributed by atoms with Gasteiger partial charge in [-0.05, 0) is 42.7 Å². The van der Waals surface area contributed by atoms with Gasteiger partial charge in [-0.15, -0.1) is 0 Å². The van der Waals surface area contributed by atoms with Crippen molar-refractivity contribution in [1.29, 1.82) is 0 Å². The lowest BCUT2D eigenvalue weighted by atomic mass is 9.98. The second kappa shape index (κ2) is 10.2. The van der Waals surface area contributed by atoms with Crippen LogP contribution in [-0.4, -0.2) is 38.8 Å². The molecule has 38 heavy (non-hydrogen) atoms. The predicted octanol–water partition coefficient (Wildman–Crippen LogP) is 4.31. The van der Waals surface area contributed by atoms with Gasteiger partial charge in [0.15, 0.2) is 0 Å². The molecule has 5 rings (SSSR count). The minimum absolute atomic E-state index is 0.0105. The zero-order valence-electron chi connectivity index (χ0n) is 19.9. The maximum absolute atomic E-state index is 15.5. The second-order valence-corrected chi connectivity index (χ2v) is 9.13. The first-order valence-corrected chi connectivity index (χ1v) is 11.7. The lowest BCUT2D eigenvalue weighted by molar-refractivity contribution is 0.102. The molecule has 0 radical (unpaired) electrons. The number of halogens is 4. The van der Waals surface area contributed by atoms with Crippen molar-refractivity contribution in [2.75, 3.05) is 18.5 Å². The summed E-state index contributed by atoms with van der Waals surface area (Å²) in [6.45, 7) is 0.776. The third-order valence-electron chi connectivity index (χ3n) is 6.45. The van der Waals surface area contributed by atoms with Crippen molar-refractivity contribution < 1.29 is 27.1 Å². The van der Waals surface area contributed by atoms with Gasteiger partial charge in [0.25, 0.3) is 5.91 Å². The summed E-state index contributed by atoms with van der Waals surface area (Å²) in [5.41, 5.74) is 3.43. The second-order valence-electron chi connectivity index (χ2n) is 9.13. The molecule has 1 amide bonds. The molecule has 8 nitrogen and oxygen atoms in total. The number of amides is 1. The van der Waals surface area contributed by atoms with Gasteiger partial charge in [-0.25, -0.2) is 27.2 Å². The molecule has 0 saturated heterocycles. The Morgan fingerprint density at radius 1 is 1.05 bits per heavy atom. The van der Waals surface area contributed by atoms with Gasteiger partial charge in [-0.2, -0.15) is 5.10 Å². The number of nitrogens with zero attached hydrogens (tertiary/aromatic N) is 4. The quantitative estimate of drug-likeness (QED) is 0.315. The normalized spacial score (nSPS) is 13.8. The average Bonchev–Trinajstić information content (AvgIpc) is 3.50. The Morgan fingerprint density at radius 3 is 2.47 bits per heavy atom. The van der Waals surface area contributed by atoms with E-state index in [1.54, 1.807) is 0 Å². The van der Waals surface area contributed by atoms with Gasteiger partial charge in [-0.1, -0.05) is 0 Å². The molecule has 0 aliphatic heterocycles. The highest BCUT2D eigenvalue weighted by molar-refractivity contribution is 6.06. The van der Waals surface area contributed by atoms with Crippen molar-refractivity contribution in [3.63, 3.8) is 0 Å². The van der Waals surface area contributed by atoms with Gasteiger partial charge in [0.1, 0.15) is 47.4 Å². The van der Waals surface area contributed by atoms with Crippen LogP contribution in [0.2, 0.25) is 0 Å². The van der Waals surface area contributed by atoms with E-state index in [0.717, 1.165) is 37.1 Å². The van der Waals surface area contributed by atoms with Crippen molar-refractivity contribution in [3.8, 4) is 16.9 Å². The molecule has 0 atom stereocenters. The third-order valence-corrected chi connectivity index (χ3v) is 6.45. The van der Waals surface area contributed by atoms with Gasteiger partial charge >= 0.3 is 0 Å². The molecule has 4 aromatic rings. The first-order chi connectivity index (χ1) is 18.3. The van der Waals surface area contributed by atoms with Crippen LogP contribution in [0.4, 0.5) is 23.2 Å². The summed E-state index contributed by atoms with van der Waals surface area (Å²) in [7, 11) is 0. The van der Waals surface area contributed by atoms with E-state index in [1.807, 2.05) is 0 Å². The minimum atomic E-state index is -1.42. The summed E-state index contributed by atoms with van der Waals surface area (Å²) < 4.78 is 67.3. The lowest BCUT2D eigenvalue weighted by Gasteiger charge is -2.17. The van der Waals surface area contributed by atoms with E-state index in [0.29, 0.717) is 13.2 Å². The molecule has 12 heteroatoms. The van der Waals surface area contributed by atoms with Crippen molar-refractivity contribution >= 4 is 11.6 Å². The zero-order valence-corrected chi connectivity index (χ0v) is 19.9. The highest BCUT2D eigenvalue weighted by Crippen LogP contribution is 2.45. The van der Waals surface area contributed by atoms with E-state index in [-0.39, 0.29) is 29.0 Å². The van der Waals surface area contributed by atoms with Crippen molar-refractivity contribution in [3.05, 3.63) is 89.8 Å². The van der Waals surface area contributed by atoms with Crippen LogP contribution in [0.3, 0.4) is 0 Å². The van der Waals surface area contributed by atoms with E-state index in [9.17, 15) is 18.0 Å². The smallest absolute Gasteiger partial charge is 0.258 e. The van der Waals surface area contributed by atoms with Gasteiger partial charge < -0.3 is 15.8 Å².